The summed E-state index contributed by atoms with van der Waals surface area (Å²) in [4.78, 5) is 13.5. The Morgan fingerprint density at radius 3 is 2.72 bits per heavy atom. The van der Waals surface area contributed by atoms with Crippen LogP contribution in [0.15, 0.2) is 18.2 Å². The number of hydrogen-bond donors (Lipinski definition) is 1. The number of amides is 1. The molecule has 1 aromatic rings. The van der Waals surface area contributed by atoms with Gasteiger partial charge in [-0.2, -0.15) is 0 Å². The fraction of sp³-hybridized carbons (Fsp3) is 0.462. The number of carbonyl (C=O) groups is 1. The van der Waals surface area contributed by atoms with E-state index >= 15 is 0 Å². The van der Waals surface area contributed by atoms with Crippen LogP contribution in [0.4, 0.5) is 4.39 Å². The SMILES string of the molecule is COc1ccc(C(=O)N2C[C@@H](O)[C@H](F)C2)c(C)c1. The maximum absolute atomic E-state index is 13.2. The third-order valence-electron chi connectivity index (χ3n) is 3.17. The van der Waals surface area contributed by atoms with E-state index in [0.717, 1.165) is 5.56 Å². The number of hydrogen-bond acceptors (Lipinski definition) is 3. The summed E-state index contributed by atoms with van der Waals surface area (Å²) in [5, 5.41) is 9.33. The van der Waals surface area contributed by atoms with Gasteiger partial charge in [-0.25, -0.2) is 4.39 Å². The van der Waals surface area contributed by atoms with Gasteiger partial charge in [0.2, 0.25) is 0 Å². The van der Waals surface area contributed by atoms with Gasteiger partial charge in [-0.05, 0) is 30.7 Å². The highest BCUT2D eigenvalue weighted by Gasteiger charge is 2.34. The number of nitrogens with zero attached hydrogens (tertiary/aromatic N) is 1. The van der Waals surface area contributed by atoms with Crippen LogP contribution in [0.5, 0.6) is 5.75 Å². The number of alkyl halides is 1. The monoisotopic (exact) mass is 253 g/mol. The topological polar surface area (TPSA) is 49.8 Å². The second-order valence-corrected chi connectivity index (χ2v) is 4.47. The van der Waals surface area contributed by atoms with E-state index in [4.69, 9.17) is 4.74 Å². The molecule has 2 atom stereocenters. The summed E-state index contributed by atoms with van der Waals surface area (Å²) in [7, 11) is 1.56. The van der Waals surface area contributed by atoms with Gasteiger partial charge in [0, 0.05) is 12.1 Å². The normalized spacial score (nSPS) is 23.2. The largest absolute Gasteiger partial charge is 0.497 e. The van der Waals surface area contributed by atoms with Crippen LogP contribution in [0.1, 0.15) is 15.9 Å². The fourth-order valence-corrected chi connectivity index (χ4v) is 2.09. The number of aliphatic hydroxyl groups excluding tert-OH is 1. The zero-order chi connectivity index (χ0) is 13.3. The van der Waals surface area contributed by atoms with Crippen molar-refractivity contribution in [3.63, 3.8) is 0 Å². The number of ether oxygens (including phenoxy) is 1. The van der Waals surface area contributed by atoms with Crippen molar-refractivity contribution < 1.29 is 19.0 Å². The molecule has 1 fully saturated rings. The fourth-order valence-electron chi connectivity index (χ4n) is 2.09. The second-order valence-electron chi connectivity index (χ2n) is 4.47. The summed E-state index contributed by atoms with van der Waals surface area (Å²) in [6.45, 7) is 1.80. The van der Waals surface area contributed by atoms with Gasteiger partial charge < -0.3 is 14.7 Å². The lowest BCUT2D eigenvalue weighted by atomic mass is 10.1. The van der Waals surface area contributed by atoms with Gasteiger partial charge in [-0.3, -0.25) is 4.79 Å². The standard InChI is InChI=1S/C13H16FNO3/c1-8-5-9(18-2)3-4-10(8)13(17)15-6-11(14)12(16)7-15/h3-5,11-12,16H,6-7H2,1-2H3/t11-,12-/m1/s1. The first-order valence-electron chi connectivity index (χ1n) is 5.79. The van der Waals surface area contributed by atoms with Gasteiger partial charge in [-0.1, -0.05) is 0 Å². The van der Waals surface area contributed by atoms with Crippen LogP contribution in [0.25, 0.3) is 0 Å². The van der Waals surface area contributed by atoms with Crippen LogP contribution >= 0.6 is 0 Å². The summed E-state index contributed by atoms with van der Waals surface area (Å²) in [6, 6.07) is 5.11. The van der Waals surface area contributed by atoms with Gasteiger partial charge in [0.1, 0.15) is 18.0 Å². The van der Waals surface area contributed by atoms with Gasteiger partial charge in [-0.15, -0.1) is 0 Å². The van der Waals surface area contributed by atoms with Crippen LogP contribution in [-0.2, 0) is 0 Å². The van der Waals surface area contributed by atoms with Crippen molar-refractivity contribution in [2.75, 3.05) is 20.2 Å². The molecule has 0 saturated carbocycles. The number of halogens is 1. The summed E-state index contributed by atoms with van der Waals surface area (Å²) < 4.78 is 18.3. The molecule has 1 saturated heterocycles. The summed E-state index contributed by atoms with van der Waals surface area (Å²) in [5.41, 5.74) is 1.29. The maximum atomic E-state index is 13.2. The van der Waals surface area contributed by atoms with Crippen molar-refractivity contribution in [2.45, 2.75) is 19.2 Å². The highest BCUT2D eigenvalue weighted by atomic mass is 19.1. The summed E-state index contributed by atoms with van der Waals surface area (Å²) in [5.74, 6) is 0.420. The van der Waals surface area contributed by atoms with Gasteiger partial charge in [0.05, 0.1) is 13.7 Å². The highest BCUT2D eigenvalue weighted by Crippen LogP contribution is 2.21. The molecule has 1 heterocycles. The molecule has 1 N–H and O–H groups in total. The first kappa shape index (κ1) is 12.8. The molecule has 0 bridgehead atoms. The van der Waals surface area contributed by atoms with Crippen molar-refractivity contribution in [1.29, 1.82) is 0 Å². The number of aliphatic hydroxyl groups is 1. The molecule has 18 heavy (non-hydrogen) atoms. The lowest BCUT2D eigenvalue weighted by Crippen LogP contribution is -2.30. The lowest BCUT2D eigenvalue weighted by Gasteiger charge is -2.17. The molecule has 0 radical (unpaired) electrons. The van der Waals surface area contributed by atoms with Crippen LogP contribution in [-0.4, -0.2) is 48.4 Å². The van der Waals surface area contributed by atoms with E-state index in [-0.39, 0.29) is 19.0 Å². The van der Waals surface area contributed by atoms with Crippen molar-refractivity contribution in [2.24, 2.45) is 0 Å². The molecule has 4 nitrogen and oxygen atoms in total. The smallest absolute Gasteiger partial charge is 0.254 e. The number of rotatable bonds is 2. The van der Waals surface area contributed by atoms with Crippen LogP contribution in [0, 0.1) is 6.92 Å². The van der Waals surface area contributed by atoms with E-state index in [1.54, 1.807) is 32.2 Å². The van der Waals surface area contributed by atoms with E-state index in [1.807, 2.05) is 0 Å². The molecule has 0 aliphatic carbocycles. The number of aryl methyl sites for hydroxylation is 1. The van der Waals surface area contributed by atoms with Crippen molar-refractivity contribution >= 4 is 5.91 Å². The van der Waals surface area contributed by atoms with E-state index < -0.39 is 12.3 Å². The number of likely N-dealkylation sites (tertiary alicyclic amines) is 1. The van der Waals surface area contributed by atoms with Gasteiger partial charge in [0.25, 0.3) is 5.91 Å². The van der Waals surface area contributed by atoms with E-state index in [9.17, 15) is 14.3 Å². The first-order chi connectivity index (χ1) is 8.52. The van der Waals surface area contributed by atoms with Crippen molar-refractivity contribution in [3.8, 4) is 5.75 Å². The zero-order valence-electron chi connectivity index (χ0n) is 10.4. The predicted molar refractivity (Wildman–Crippen MR) is 64.5 cm³/mol. The van der Waals surface area contributed by atoms with E-state index in [1.165, 1.54) is 4.90 Å². The van der Waals surface area contributed by atoms with Gasteiger partial charge >= 0.3 is 0 Å². The Morgan fingerprint density at radius 1 is 1.50 bits per heavy atom. The predicted octanol–water partition coefficient (Wildman–Crippen LogP) is 1.16. The Kier molecular flexibility index (Phi) is 3.52. The van der Waals surface area contributed by atoms with Crippen LogP contribution in [0.3, 0.4) is 0 Å². The quantitative estimate of drug-likeness (QED) is 0.860. The molecule has 1 amide bonds. The molecule has 0 aromatic heterocycles. The molecule has 0 spiro atoms. The number of methoxy groups -OCH3 is 1. The Labute approximate surface area is 105 Å². The number of benzene rings is 1. The maximum Gasteiger partial charge on any atom is 0.254 e. The van der Waals surface area contributed by atoms with Crippen molar-refractivity contribution in [1.82, 2.24) is 4.90 Å². The van der Waals surface area contributed by atoms with Crippen LogP contribution in [0.2, 0.25) is 0 Å². The minimum atomic E-state index is -1.35. The minimum Gasteiger partial charge on any atom is -0.497 e. The van der Waals surface area contributed by atoms with Crippen LogP contribution < -0.4 is 4.74 Å². The third-order valence-corrected chi connectivity index (χ3v) is 3.17. The second kappa shape index (κ2) is 4.94. The Hall–Kier alpha value is -1.62. The van der Waals surface area contributed by atoms with E-state index in [2.05, 4.69) is 0 Å². The average molecular weight is 253 g/mol. The molecule has 2 rings (SSSR count). The van der Waals surface area contributed by atoms with Crippen molar-refractivity contribution in [3.05, 3.63) is 29.3 Å². The minimum absolute atomic E-state index is 0.0471. The Morgan fingerprint density at radius 2 is 2.22 bits per heavy atom. The molecule has 0 unspecified atom stereocenters. The molecule has 1 aliphatic rings. The number of β-amino-alcohol motifs (C(OH)–C–C–N with tert-alkyl or cyclic N) is 1. The molecule has 1 aliphatic heterocycles. The molecular weight excluding hydrogens is 237 g/mol. The molecule has 5 heteroatoms. The molecule has 1 aromatic carbocycles. The molecule has 98 valence electrons. The van der Waals surface area contributed by atoms with E-state index in [0.29, 0.717) is 11.3 Å². The summed E-state index contributed by atoms with van der Waals surface area (Å²) in [6.07, 6.45) is -2.43. The zero-order valence-corrected chi connectivity index (χ0v) is 10.4. The summed E-state index contributed by atoms with van der Waals surface area (Å²) >= 11 is 0. The Bertz CT molecular complexity index is 454. The first-order valence-corrected chi connectivity index (χ1v) is 5.79. The Balaban J connectivity index is 2.19. The number of carbonyl (C=O) groups excluding carboxylic acids is 1. The highest BCUT2D eigenvalue weighted by molar-refractivity contribution is 5.96. The average Bonchev–Trinajstić information content (AvgIpc) is 2.68. The lowest BCUT2D eigenvalue weighted by molar-refractivity contribution is 0.0763. The molecular formula is C13H16FNO3. The van der Waals surface area contributed by atoms with Gasteiger partial charge in [0.15, 0.2) is 0 Å². The third kappa shape index (κ3) is 2.31.